The molecule has 0 aromatic heterocycles. The Morgan fingerprint density at radius 3 is 2.38 bits per heavy atom. The van der Waals surface area contributed by atoms with Gasteiger partial charge in [-0.3, -0.25) is 4.79 Å². The summed E-state index contributed by atoms with van der Waals surface area (Å²) in [5, 5.41) is 0. The molecule has 24 heavy (non-hydrogen) atoms. The summed E-state index contributed by atoms with van der Waals surface area (Å²) in [4.78, 5) is 15.7. The molecule has 4 nitrogen and oxygen atoms in total. The molecule has 2 aromatic carbocycles. The van der Waals surface area contributed by atoms with Crippen molar-refractivity contribution in [2.45, 2.75) is 6.54 Å². The van der Waals surface area contributed by atoms with Crippen LogP contribution in [0.15, 0.2) is 46.9 Å². The second-order valence-electron chi connectivity index (χ2n) is 5.67. The van der Waals surface area contributed by atoms with Gasteiger partial charge in [-0.15, -0.1) is 0 Å². The van der Waals surface area contributed by atoms with Gasteiger partial charge in [-0.2, -0.15) is 0 Å². The highest BCUT2D eigenvalue weighted by Gasteiger charge is 2.12. The van der Waals surface area contributed by atoms with E-state index in [-0.39, 0.29) is 18.3 Å². The van der Waals surface area contributed by atoms with E-state index in [0.29, 0.717) is 11.0 Å². The van der Waals surface area contributed by atoms with E-state index in [4.69, 9.17) is 4.74 Å². The number of carbonyl (C=O) groups is 1. The lowest BCUT2D eigenvalue weighted by Gasteiger charge is -2.19. The molecule has 0 aliphatic carbocycles. The lowest BCUT2D eigenvalue weighted by molar-refractivity contribution is -0.132. The van der Waals surface area contributed by atoms with Crippen LogP contribution >= 0.6 is 15.9 Å². The number of hydrogen-bond acceptors (Lipinski definition) is 3. The summed E-state index contributed by atoms with van der Waals surface area (Å²) in [5.41, 5.74) is 2.12. The minimum Gasteiger partial charge on any atom is -0.481 e. The fourth-order valence-corrected chi connectivity index (χ4v) is 2.44. The number of rotatable bonds is 6. The van der Waals surface area contributed by atoms with Crippen molar-refractivity contribution in [1.29, 1.82) is 0 Å². The molecule has 0 aliphatic heterocycles. The van der Waals surface area contributed by atoms with Crippen LogP contribution < -0.4 is 9.64 Å². The van der Waals surface area contributed by atoms with Gasteiger partial charge in [-0.05, 0) is 35.9 Å². The van der Waals surface area contributed by atoms with Crippen molar-refractivity contribution < 1.29 is 13.9 Å². The lowest BCUT2D eigenvalue weighted by atomic mass is 10.2. The maximum atomic E-state index is 13.7. The largest absolute Gasteiger partial charge is 0.481 e. The maximum Gasteiger partial charge on any atom is 0.260 e. The van der Waals surface area contributed by atoms with Crippen molar-refractivity contribution in [3.8, 4) is 5.75 Å². The molecule has 0 saturated carbocycles. The molecule has 2 aromatic rings. The number of amides is 1. The van der Waals surface area contributed by atoms with E-state index < -0.39 is 5.82 Å². The Morgan fingerprint density at radius 1 is 1.12 bits per heavy atom. The second kappa shape index (κ2) is 8.15. The van der Waals surface area contributed by atoms with Crippen molar-refractivity contribution in [3.05, 3.63) is 58.3 Å². The zero-order valence-corrected chi connectivity index (χ0v) is 15.5. The van der Waals surface area contributed by atoms with Crippen LogP contribution in [0.1, 0.15) is 5.56 Å². The minimum absolute atomic E-state index is 0.0651. The number of anilines is 1. The summed E-state index contributed by atoms with van der Waals surface area (Å²) in [7, 11) is 5.65. The smallest absolute Gasteiger partial charge is 0.260 e. The van der Waals surface area contributed by atoms with E-state index in [0.717, 1.165) is 11.3 Å². The zero-order chi connectivity index (χ0) is 17.7. The molecule has 0 unspecified atom stereocenters. The van der Waals surface area contributed by atoms with Gasteiger partial charge in [-0.1, -0.05) is 28.1 Å². The van der Waals surface area contributed by atoms with Gasteiger partial charge in [0.1, 0.15) is 0 Å². The highest BCUT2D eigenvalue weighted by Crippen LogP contribution is 2.21. The van der Waals surface area contributed by atoms with Gasteiger partial charge in [0, 0.05) is 37.8 Å². The van der Waals surface area contributed by atoms with E-state index >= 15 is 0 Å². The van der Waals surface area contributed by atoms with Gasteiger partial charge >= 0.3 is 0 Å². The predicted octanol–water partition coefficient (Wildman–Crippen LogP) is 3.69. The maximum absolute atomic E-state index is 13.7. The summed E-state index contributed by atoms with van der Waals surface area (Å²) in [6.45, 7) is 0.267. The Morgan fingerprint density at radius 2 is 1.79 bits per heavy atom. The summed E-state index contributed by atoms with van der Waals surface area (Å²) >= 11 is 3.18. The van der Waals surface area contributed by atoms with Crippen LogP contribution in [-0.4, -0.2) is 38.6 Å². The third kappa shape index (κ3) is 4.96. The van der Waals surface area contributed by atoms with Crippen LogP contribution in [0.5, 0.6) is 5.75 Å². The van der Waals surface area contributed by atoms with Crippen LogP contribution in [0.4, 0.5) is 10.1 Å². The first-order chi connectivity index (χ1) is 11.4. The number of carbonyl (C=O) groups excluding carboxylic acids is 1. The molecule has 0 radical (unpaired) electrons. The molecule has 0 aliphatic rings. The number of halogens is 2. The van der Waals surface area contributed by atoms with Gasteiger partial charge in [-0.25, -0.2) is 4.39 Å². The molecule has 1 amide bonds. The first-order valence-electron chi connectivity index (χ1n) is 7.45. The second-order valence-corrected chi connectivity index (χ2v) is 6.59. The molecule has 0 fully saturated rings. The van der Waals surface area contributed by atoms with E-state index in [1.165, 1.54) is 12.1 Å². The molecule has 2 rings (SSSR count). The van der Waals surface area contributed by atoms with Crippen molar-refractivity contribution in [2.24, 2.45) is 0 Å². The number of hydrogen-bond donors (Lipinski definition) is 0. The van der Waals surface area contributed by atoms with Crippen LogP contribution in [0.2, 0.25) is 0 Å². The molecular weight excluding hydrogens is 375 g/mol. The number of benzene rings is 2. The topological polar surface area (TPSA) is 32.8 Å². The first kappa shape index (κ1) is 18.3. The molecule has 0 spiro atoms. The highest BCUT2D eigenvalue weighted by atomic mass is 79.9. The Balaban J connectivity index is 1.89. The van der Waals surface area contributed by atoms with Gasteiger partial charge < -0.3 is 14.5 Å². The lowest BCUT2D eigenvalue weighted by Crippen LogP contribution is -2.31. The zero-order valence-electron chi connectivity index (χ0n) is 13.9. The van der Waals surface area contributed by atoms with Crippen molar-refractivity contribution in [2.75, 3.05) is 32.6 Å². The Labute approximate surface area is 150 Å². The Hall–Kier alpha value is -2.08. The number of nitrogens with zero attached hydrogens (tertiary/aromatic N) is 2. The van der Waals surface area contributed by atoms with Crippen LogP contribution in [-0.2, 0) is 11.3 Å². The molecular formula is C18H20BrFN2O2. The van der Waals surface area contributed by atoms with Crippen molar-refractivity contribution in [3.63, 3.8) is 0 Å². The predicted molar refractivity (Wildman–Crippen MR) is 96.8 cm³/mol. The van der Waals surface area contributed by atoms with E-state index in [2.05, 4.69) is 15.9 Å². The monoisotopic (exact) mass is 394 g/mol. The standard InChI is InChI=1S/C18H20BrFN2O2/c1-21(2)15-7-4-13(5-8-15)11-22(3)18(23)12-24-17-9-6-14(19)10-16(17)20/h4-10H,11-12H2,1-3H3. The molecule has 0 N–H and O–H groups in total. The van der Waals surface area contributed by atoms with Crippen LogP contribution in [0.3, 0.4) is 0 Å². The summed E-state index contributed by atoms with van der Waals surface area (Å²) in [5.74, 6) is -0.650. The third-order valence-electron chi connectivity index (χ3n) is 3.54. The van der Waals surface area contributed by atoms with Gasteiger partial charge in [0.25, 0.3) is 5.91 Å². The summed E-state index contributed by atoms with van der Waals surface area (Å²) in [6.07, 6.45) is 0. The molecule has 128 valence electrons. The van der Waals surface area contributed by atoms with Crippen molar-refractivity contribution >= 4 is 27.5 Å². The Kier molecular flexibility index (Phi) is 6.20. The fourth-order valence-electron chi connectivity index (χ4n) is 2.10. The average Bonchev–Trinajstić information content (AvgIpc) is 2.54. The molecule has 0 atom stereocenters. The van der Waals surface area contributed by atoms with Crippen molar-refractivity contribution in [1.82, 2.24) is 4.90 Å². The quantitative estimate of drug-likeness (QED) is 0.748. The van der Waals surface area contributed by atoms with E-state index in [1.54, 1.807) is 18.0 Å². The first-order valence-corrected chi connectivity index (χ1v) is 8.24. The molecule has 6 heteroatoms. The minimum atomic E-state index is -0.501. The molecule has 0 saturated heterocycles. The Bertz CT molecular complexity index is 705. The normalized spacial score (nSPS) is 10.4. The number of ether oxygens (including phenoxy) is 1. The SMILES string of the molecule is CN(Cc1ccc(N(C)C)cc1)C(=O)COc1ccc(Br)cc1F. The van der Waals surface area contributed by atoms with Crippen LogP contribution in [0, 0.1) is 5.82 Å². The molecule has 0 heterocycles. The molecule has 0 bridgehead atoms. The number of likely N-dealkylation sites (N-methyl/N-ethyl adjacent to an activating group) is 1. The van der Waals surface area contributed by atoms with Gasteiger partial charge in [0.05, 0.1) is 0 Å². The average molecular weight is 395 g/mol. The van der Waals surface area contributed by atoms with Crippen LogP contribution in [0.25, 0.3) is 0 Å². The van der Waals surface area contributed by atoms with E-state index in [9.17, 15) is 9.18 Å². The highest BCUT2D eigenvalue weighted by molar-refractivity contribution is 9.10. The fraction of sp³-hybridized carbons (Fsp3) is 0.278. The van der Waals surface area contributed by atoms with E-state index in [1.807, 2.05) is 43.3 Å². The summed E-state index contributed by atoms with van der Waals surface area (Å²) < 4.78 is 19.6. The van der Waals surface area contributed by atoms with Gasteiger partial charge in [0.15, 0.2) is 18.2 Å². The van der Waals surface area contributed by atoms with Gasteiger partial charge in [0.2, 0.25) is 0 Å². The third-order valence-corrected chi connectivity index (χ3v) is 4.04. The summed E-state index contributed by atoms with van der Waals surface area (Å²) in [6, 6.07) is 12.4.